The van der Waals surface area contributed by atoms with Gasteiger partial charge in [0.05, 0.1) is 13.2 Å². The Labute approximate surface area is 146 Å². The van der Waals surface area contributed by atoms with Crippen molar-refractivity contribution in [3.8, 4) is 11.5 Å². The molecule has 0 amide bonds. The van der Waals surface area contributed by atoms with E-state index in [-0.39, 0.29) is 0 Å². The van der Waals surface area contributed by atoms with Gasteiger partial charge >= 0.3 is 0 Å². The minimum absolute atomic E-state index is 0.376. The fourth-order valence-corrected chi connectivity index (χ4v) is 3.10. The van der Waals surface area contributed by atoms with Gasteiger partial charge in [0.25, 0.3) is 0 Å². The van der Waals surface area contributed by atoms with Crippen LogP contribution in [0.2, 0.25) is 0 Å². The number of nitrogens with one attached hydrogen (secondary N) is 1. The second kappa shape index (κ2) is 9.87. The van der Waals surface area contributed by atoms with Gasteiger partial charge in [-0.15, -0.1) is 0 Å². The molecule has 0 aromatic heterocycles. The number of ether oxygens (including phenoxy) is 2. The molecule has 1 atom stereocenters. The summed E-state index contributed by atoms with van der Waals surface area (Å²) in [7, 11) is 4.27. The van der Waals surface area contributed by atoms with Crippen molar-refractivity contribution in [3.05, 3.63) is 23.8 Å². The summed E-state index contributed by atoms with van der Waals surface area (Å²) in [4.78, 5) is 4.82. The van der Waals surface area contributed by atoms with Crippen molar-refractivity contribution >= 4 is 0 Å². The third-order valence-electron chi connectivity index (χ3n) is 4.24. The molecule has 2 rings (SSSR count). The zero-order valence-corrected chi connectivity index (χ0v) is 15.7. The van der Waals surface area contributed by atoms with E-state index in [1.165, 1.54) is 5.56 Å². The highest BCUT2D eigenvalue weighted by atomic mass is 16.5. The standard InChI is InChI=1S/C19H33N3O2/c1-5-13-24-18-8-7-16(14-19(18)23-6-2)17(15-21(3)4)22-11-9-20-10-12-22/h7-8,14,17,20H,5-6,9-13,15H2,1-4H3. The van der Waals surface area contributed by atoms with Crippen molar-refractivity contribution in [3.63, 3.8) is 0 Å². The summed E-state index contributed by atoms with van der Waals surface area (Å²) in [6.07, 6.45) is 0.997. The lowest BCUT2D eigenvalue weighted by molar-refractivity contribution is 0.144. The number of hydrogen-bond acceptors (Lipinski definition) is 5. The van der Waals surface area contributed by atoms with Crippen molar-refractivity contribution < 1.29 is 9.47 Å². The molecule has 1 aromatic rings. The van der Waals surface area contributed by atoms with Crippen molar-refractivity contribution in [2.24, 2.45) is 0 Å². The van der Waals surface area contributed by atoms with Gasteiger partial charge in [-0.2, -0.15) is 0 Å². The molecule has 1 unspecified atom stereocenters. The summed E-state index contributed by atoms with van der Waals surface area (Å²) in [5.74, 6) is 1.72. The maximum absolute atomic E-state index is 5.85. The molecule has 1 fully saturated rings. The lowest BCUT2D eigenvalue weighted by Crippen LogP contribution is -2.47. The molecule has 0 bridgehead atoms. The van der Waals surface area contributed by atoms with E-state index in [2.05, 4.69) is 54.3 Å². The molecule has 0 saturated carbocycles. The Kier molecular flexibility index (Phi) is 7.82. The third-order valence-corrected chi connectivity index (χ3v) is 4.24. The lowest BCUT2D eigenvalue weighted by atomic mass is 10.0. The number of likely N-dealkylation sites (N-methyl/N-ethyl adjacent to an activating group) is 1. The van der Waals surface area contributed by atoms with E-state index in [0.717, 1.165) is 57.3 Å². The zero-order valence-electron chi connectivity index (χ0n) is 15.7. The van der Waals surface area contributed by atoms with E-state index in [1.807, 2.05) is 6.92 Å². The second-order valence-corrected chi connectivity index (χ2v) is 6.55. The first-order chi connectivity index (χ1) is 11.7. The lowest BCUT2D eigenvalue weighted by Gasteiger charge is -2.36. The van der Waals surface area contributed by atoms with Crippen molar-refractivity contribution in [1.82, 2.24) is 15.1 Å². The van der Waals surface area contributed by atoms with Crippen molar-refractivity contribution in [2.45, 2.75) is 26.3 Å². The van der Waals surface area contributed by atoms with Gasteiger partial charge in [0.15, 0.2) is 11.5 Å². The molecule has 0 aliphatic carbocycles. The van der Waals surface area contributed by atoms with Crippen molar-refractivity contribution in [1.29, 1.82) is 0 Å². The SMILES string of the molecule is CCCOc1ccc(C(CN(C)C)N2CCNCC2)cc1OCC. The zero-order chi connectivity index (χ0) is 17.4. The Hall–Kier alpha value is -1.30. The fraction of sp³-hybridized carbons (Fsp3) is 0.684. The molecule has 1 aliphatic rings. The molecule has 1 saturated heterocycles. The van der Waals surface area contributed by atoms with Gasteiger partial charge in [-0.05, 0) is 45.1 Å². The molecule has 0 spiro atoms. The third kappa shape index (κ3) is 5.36. The first-order valence-electron chi connectivity index (χ1n) is 9.14. The minimum atomic E-state index is 0.376. The van der Waals surface area contributed by atoms with Crippen LogP contribution < -0.4 is 14.8 Å². The van der Waals surface area contributed by atoms with Crippen LogP contribution in [0.5, 0.6) is 11.5 Å². The predicted octanol–water partition coefficient (Wildman–Crippen LogP) is 2.38. The van der Waals surface area contributed by atoms with Crippen molar-refractivity contribution in [2.75, 3.05) is 60.0 Å². The Balaban J connectivity index is 2.25. The molecule has 24 heavy (non-hydrogen) atoms. The Morgan fingerprint density at radius 1 is 1.12 bits per heavy atom. The average Bonchev–Trinajstić information content (AvgIpc) is 2.59. The number of benzene rings is 1. The topological polar surface area (TPSA) is 37.0 Å². The summed E-state index contributed by atoms with van der Waals surface area (Å²) in [6, 6.07) is 6.82. The molecule has 5 heteroatoms. The van der Waals surface area contributed by atoms with Crippen LogP contribution in [0, 0.1) is 0 Å². The fourth-order valence-electron chi connectivity index (χ4n) is 3.10. The minimum Gasteiger partial charge on any atom is -0.490 e. The monoisotopic (exact) mass is 335 g/mol. The smallest absolute Gasteiger partial charge is 0.161 e. The van der Waals surface area contributed by atoms with E-state index in [9.17, 15) is 0 Å². The first-order valence-corrected chi connectivity index (χ1v) is 9.14. The number of nitrogens with zero attached hydrogens (tertiary/aromatic N) is 2. The van der Waals surface area contributed by atoms with Gasteiger partial charge in [-0.3, -0.25) is 4.90 Å². The average molecular weight is 335 g/mol. The summed E-state index contributed by atoms with van der Waals surface area (Å²) in [5.41, 5.74) is 1.30. The Bertz CT molecular complexity index is 488. The van der Waals surface area contributed by atoms with E-state index in [1.54, 1.807) is 0 Å². The van der Waals surface area contributed by atoms with Crippen LogP contribution in [0.15, 0.2) is 18.2 Å². The predicted molar refractivity (Wildman–Crippen MR) is 99.1 cm³/mol. The van der Waals surface area contributed by atoms with Gasteiger partial charge in [0.2, 0.25) is 0 Å². The van der Waals surface area contributed by atoms with Crippen LogP contribution in [-0.4, -0.2) is 69.8 Å². The van der Waals surface area contributed by atoms with E-state index in [4.69, 9.17) is 9.47 Å². The van der Waals surface area contributed by atoms with Gasteiger partial charge < -0.3 is 19.7 Å². The summed E-state index contributed by atoms with van der Waals surface area (Å²) in [6.45, 7) is 10.8. The van der Waals surface area contributed by atoms with E-state index >= 15 is 0 Å². The Morgan fingerprint density at radius 2 is 1.88 bits per heavy atom. The second-order valence-electron chi connectivity index (χ2n) is 6.55. The van der Waals surface area contributed by atoms with Gasteiger partial charge in [0.1, 0.15) is 0 Å². The highest BCUT2D eigenvalue weighted by Gasteiger charge is 2.24. The maximum Gasteiger partial charge on any atom is 0.161 e. The summed E-state index contributed by atoms with van der Waals surface area (Å²) >= 11 is 0. The van der Waals surface area contributed by atoms with Crippen LogP contribution in [0.3, 0.4) is 0 Å². The maximum atomic E-state index is 5.85. The molecule has 0 radical (unpaired) electrons. The first kappa shape index (κ1) is 19.0. The normalized spacial score (nSPS) is 17.0. The Morgan fingerprint density at radius 3 is 2.50 bits per heavy atom. The highest BCUT2D eigenvalue weighted by molar-refractivity contribution is 5.44. The molecule has 1 N–H and O–H groups in total. The number of hydrogen-bond donors (Lipinski definition) is 1. The van der Waals surface area contributed by atoms with Crippen LogP contribution >= 0.6 is 0 Å². The molecular formula is C19H33N3O2. The van der Waals surface area contributed by atoms with Gasteiger partial charge in [-0.25, -0.2) is 0 Å². The quantitative estimate of drug-likeness (QED) is 0.750. The molecule has 136 valence electrons. The summed E-state index contributed by atoms with van der Waals surface area (Å²) < 4.78 is 11.7. The number of piperazine rings is 1. The van der Waals surface area contributed by atoms with Crippen LogP contribution in [0.25, 0.3) is 0 Å². The molecule has 1 heterocycles. The summed E-state index contributed by atoms with van der Waals surface area (Å²) in [5, 5.41) is 3.44. The number of rotatable bonds is 9. The van der Waals surface area contributed by atoms with Crippen LogP contribution in [0.1, 0.15) is 31.9 Å². The largest absolute Gasteiger partial charge is 0.490 e. The molecule has 1 aliphatic heterocycles. The highest BCUT2D eigenvalue weighted by Crippen LogP contribution is 2.33. The van der Waals surface area contributed by atoms with Crippen LogP contribution in [-0.2, 0) is 0 Å². The molecule has 5 nitrogen and oxygen atoms in total. The van der Waals surface area contributed by atoms with E-state index in [0.29, 0.717) is 12.6 Å². The van der Waals surface area contributed by atoms with Gasteiger partial charge in [0, 0.05) is 38.8 Å². The van der Waals surface area contributed by atoms with Crippen LogP contribution in [0.4, 0.5) is 0 Å². The van der Waals surface area contributed by atoms with E-state index < -0.39 is 0 Å². The molecular weight excluding hydrogens is 302 g/mol. The van der Waals surface area contributed by atoms with Gasteiger partial charge in [-0.1, -0.05) is 13.0 Å². The molecule has 1 aromatic carbocycles.